The molecule has 0 saturated carbocycles. The zero-order valence-electron chi connectivity index (χ0n) is 8.68. The van der Waals surface area contributed by atoms with Gasteiger partial charge >= 0.3 is 0 Å². The molecule has 2 rings (SSSR count). The van der Waals surface area contributed by atoms with Crippen LogP contribution in [0.1, 0.15) is 0 Å². The molecule has 5 heteroatoms. The normalized spacial score (nSPS) is 10.3. The van der Waals surface area contributed by atoms with Crippen molar-refractivity contribution in [2.45, 2.75) is 0 Å². The molecule has 0 aromatic heterocycles. The summed E-state index contributed by atoms with van der Waals surface area (Å²) in [5, 5.41) is 2.86. The molecule has 0 aliphatic heterocycles. The van der Waals surface area contributed by atoms with Crippen molar-refractivity contribution in [3.63, 3.8) is 0 Å². The minimum atomic E-state index is -0.507. The van der Waals surface area contributed by atoms with E-state index in [0.29, 0.717) is 15.8 Å². The van der Waals surface area contributed by atoms with Gasteiger partial charge in [0.15, 0.2) is 0 Å². The van der Waals surface area contributed by atoms with E-state index in [9.17, 15) is 8.78 Å². The summed E-state index contributed by atoms with van der Waals surface area (Å²) in [4.78, 5) is 0. The molecule has 2 aromatic carbocycles. The molecule has 0 aliphatic carbocycles. The van der Waals surface area contributed by atoms with Gasteiger partial charge in [-0.15, -0.1) is 0 Å². The van der Waals surface area contributed by atoms with Crippen LogP contribution < -0.4 is 11.1 Å². The Hall–Kier alpha value is -1.62. The standard InChI is InChI=1S/C12H9BrF2N2/c13-8-5-4-7(6-10(8)15)17-11-3-1-2-9(14)12(11)16/h1-6,17H,16H2. The maximum atomic E-state index is 13.3. The molecular formula is C12H9BrF2N2. The Labute approximate surface area is 106 Å². The van der Waals surface area contributed by atoms with Crippen LogP contribution in [0.4, 0.5) is 25.8 Å². The van der Waals surface area contributed by atoms with Gasteiger partial charge in [-0.25, -0.2) is 8.78 Å². The van der Waals surface area contributed by atoms with Gasteiger partial charge in [-0.05, 0) is 46.3 Å². The summed E-state index contributed by atoms with van der Waals surface area (Å²) in [6.07, 6.45) is 0. The third-order valence-electron chi connectivity index (χ3n) is 2.25. The van der Waals surface area contributed by atoms with E-state index in [2.05, 4.69) is 21.2 Å². The predicted octanol–water partition coefficient (Wildman–Crippen LogP) is 4.05. The fraction of sp³-hybridized carbons (Fsp3) is 0. The Bertz CT molecular complexity index is 558. The van der Waals surface area contributed by atoms with Crippen LogP contribution >= 0.6 is 15.9 Å². The molecule has 2 nitrogen and oxygen atoms in total. The highest BCUT2D eigenvalue weighted by Crippen LogP contribution is 2.27. The van der Waals surface area contributed by atoms with Crippen LogP contribution in [0.15, 0.2) is 40.9 Å². The Morgan fingerprint density at radius 3 is 2.53 bits per heavy atom. The molecule has 0 bridgehead atoms. The minimum absolute atomic E-state index is 0.0100. The summed E-state index contributed by atoms with van der Waals surface area (Å²) >= 11 is 3.05. The molecule has 2 aromatic rings. The lowest BCUT2D eigenvalue weighted by molar-refractivity contribution is 0.622. The number of anilines is 3. The number of hydrogen-bond donors (Lipinski definition) is 2. The first-order valence-corrected chi connectivity index (χ1v) is 5.63. The second kappa shape index (κ2) is 4.71. The number of para-hydroxylation sites is 1. The molecule has 0 unspecified atom stereocenters. The number of nitrogen functional groups attached to an aromatic ring is 1. The smallest absolute Gasteiger partial charge is 0.148 e. The van der Waals surface area contributed by atoms with Gasteiger partial charge in [-0.2, -0.15) is 0 Å². The van der Waals surface area contributed by atoms with Crippen LogP contribution in [-0.4, -0.2) is 0 Å². The van der Waals surface area contributed by atoms with Crippen LogP contribution in [0, 0.1) is 11.6 Å². The monoisotopic (exact) mass is 298 g/mol. The lowest BCUT2D eigenvalue weighted by Crippen LogP contribution is -1.99. The quantitative estimate of drug-likeness (QED) is 0.821. The van der Waals surface area contributed by atoms with Crippen LogP contribution in [0.3, 0.4) is 0 Å². The van der Waals surface area contributed by atoms with Gasteiger partial charge in [0.1, 0.15) is 11.6 Å². The van der Waals surface area contributed by atoms with E-state index in [1.165, 1.54) is 18.2 Å². The van der Waals surface area contributed by atoms with Crippen molar-refractivity contribution in [2.24, 2.45) is 0 Å². The molecule has 0 amide bonds. The van der Waals surface area contributed by atoms with Gasteiger partial charge in [0.25, 0.3) is 0 Å². The lowest BCUT2D eigenvalue weighted by atomic mass is 10.2. The largest absolute Gasteiger partial charge is 0.395 e. The molecule has 88 valence electrons. The average Bonchev–Trinajstić information content (AvgIpc) is 2.30. The zero-order valence-corrected chi connectivity index (χ0v) is 10.3. The van der Waals surface area contributed by atoms with Crippen molar-refractivity contribution in [2.75, 3.05) is 11.1 Å². The number of benzene rings is 2. The Morgan fingerprint density at radius 2 is 1.82 bits per heavy atom. The molecule has 17 heavy (non-hydrogen) atoms. The molecule has 3 N–H and O–H groups in total. The van der Waals surface area contributed by atoms with Crippen molar-refractivity contribution < 1.29 is 8.78 Å². The molecule has 0 aliphatic rings. The number of rotatable bonds is 2. The summed E-state index contributed by atoms with van der Waals surface area (Å²) in [7, 11) is 0. The Balaban J connectivity index is 2.31. The minimum Gasteiger partial charge on any atom is -0.395 e. The van der Waals surface area contributed by atoms with Gasteiger partial charge in [-0.3, -0.25) is 0 Å². The van der Waals surface area contributed by atoms with Crippen molar-refractivity contribution in [1.82, 2.24) is 0 Å². The maximum absolute atomic E-state index is 13.3. The summed E-state index contributed by atoms with van der Waals surface area (Å²) in [5.41, 5.74) is 6.48. The lowest BCUT2D eigenvalue weighted by Gasteiger charge is -2.10. The van der Waals surface area contributed by atoms with Crippen molar-refractivity contribution in [3.05, 3.63) is 52.5 Å². The topological polar surface area (TPSA) is 38.0 Å². The number of hydrogen-bond acceptors (Lipinski definition) is 2. The van der Waals surface area contributed by atoms with Crippen LogP contribution in [0.25, 0.3) is 0 Å². The van der Waals surface area contributed by atoms with Gasteiger partial charge < -0.3 is 11.1 Å². The molecular weight excluding hydrogens is 290 g/mol. The predicted molar refractivity (Wildman–Crippen MR) is 68.2 cm³/mol. The average molecular weight is 299 g/mol. The first kappa shape index (κ1) is 11.9. The van der Waals surface area contributed by atoms with Crippen molar-refractivity contribution in [3.8, 4) is 0 Å². The molecule has 0 atom stereocenters. The third-order valence-corrected chi connectivity index (χ3v) is 2.89. The number of halogens is 3. The maximum Gasteiger partial charge on any atom is 0.148 e. The summed E-state index contributed by atoms with van der Waals surface area (Å²) in [5.74, 6) is -0.905. The van der Waals surface area contributed by atoms with E-state index in [0.717, 1.165) is 0 Å². The van der Waals surface area contributed by atoms with E-state index in [4.69, 9.17) is 5.73 Å². The number of nitrogens with two attached hydrogens (primary N) is 1. The SMILES string of the molecule is Nc1c(F)cccc1Nc1ccc(Br)c(F)c1. The Morgan fingerprint density at radius 1 is 1.06 bits per heavy atom. The Kier molecular flexibility index (Phi) is 3.28. The summed E-state index contributed by atoms with van der Waals surface area (Å²) in [6, 6.07) is 8.95. The van der Waals surface area contributed by atoms with Gasteiger partial charge in [0.05, 0.1) is 15.8 Å². The van der Waals surface area contributed by atoms with E-state index < -0.39 is 11.6 Å². The van der Waals surface area contributed by atoms with Crippen molar-refractivity contribution in [1.29, 1.82) is 0 Å². The second-order valence-electron chi connectivity index (χ2n) is 3.45. The fourth-order valence-corrected chi connectivity index (χ4v) is 1.62. The summed E-state index contributed by atoms with van der Waals surface area (Å²) in [6.45, 7) is 0. The van der Waals surface area contributed by atoms with Gasteiger partial charge in [0, 0.05) is 5.69 Å². The molecule has 0 heterocycles. The molecule has 0 spiro atoms. The molecule has 0 saturated heterocycles. The van der Waals surface area contributed by atoms with Crippen LogP contribution in [0.5, 0.6) is 0 Å². The van der Waals surface area contributed by atoms with Crippen LogP contribution in [-0.2, 0) is 0 Å². The van der Waals surface area contributed by atoms with E-state index in [1.54, 1.807) is 18.2 Å². The first-order valence-electron chi connectivity index (χ1n) is 4.84. The second-order valence-corrected chi connectivity index (χ2v) is 4.31. The molecule has 0 fully saturated rings. The zero-order chi connectivity index (χ0) is 12.4. The van der Waals surface area contributed by atoms with Gasteiger partial charge in [-0.1, -0.05) is 6.07 Å². The number of nitrogens with one attached hydrogen (secondary N) is 1. The first-order chi connectivity index (χ1) is 8.08. The highest BCUT2D eigenvalue weighted by atomic mass is 79.9. The van der Waals surface area contributed by atoms with E-state index in [1.807, 2.05) is 0 Å². The van der Waals surface area contributed by atoms with Crippen LogP contribution in [0.2, 0.25) is 0 Å². The highest BCUT2D eigenvalue weighted by Gasteiger charge is 2.06. The molecule has 0 radical (unpaired) electrons. The highest BCUT2D eigenvalue weighted by molar-refractivity contribution is 9.10. The van der Waals surface area contributed by atoms with Crippen molar-refractivity contribution >= 4 is 33.0 Å². The third kappa shape index (κ3) is 2.55. The van der Waals surface area contributed by atoms with E-state index in [-0.39, 0.29) is 5.69 Å². The summed E-state index contributed by atoms with van der Waals surface area (Å²) < 4.78 is 26.8. The van der Waals surface area contributed by atoms with E-state index >= 15 is 0 Å². The fourth-order valence-electron chi connectivity index (χ4n) is 1.38. The van der Waals surface area contributed by atoms with Gasteiger partial charge in [0.2, 0.25) is 0 Å².